The van der Waals surface area contributed by atoms with Crippen LogP contribution in [0.2, 0.25) is 0 Å². The van der Waals surface area contributed by atoms with Crippen LogP contribution in [-0.4, -0.2) is 28.4 Å². The van der Waals surface area contributed by atoms with Crippen LogP contribution in [0.15, 0.2) is 41.5 Å². The Labute approximate surface area is 142 Å². The van der Waals surface area contributed by atoms with Gasteiger partial charge in [0.25, 0.3) is 0 Å². The lowest BCUT2D eigenvalue weighted by Gasteiger charge is -2.36. The molecule has 1 aromatic carbocycles. The smallest absolute Gasteiger partial charge is 0.227 e. The second-order valence-electron chi connectivity index (χ2n) is 6.87. The van der Waals surface area contributed by atoms with Crippen molar-refractivity contribution in [2.45, 2.75) is 38.5 Å². The highest BCUT2D eigenvalue weighted by atomic mass is 15.1. The maximum Gasteiger partial charge on any atom is 0.227 e. The van der Waals surface area contributed by atoms with Crippen LogP contribution in [0.4, 0.5) is 11.6 Å². The predicted molar refractivity (Wildman–Crippen MR) is 98.9 cm³/mol. The van der Waals surface area contributed by atoms with E-state index in [9.17, 15) is 0 Å². The van der Waals surface area contributed by atoms with Gasteiger partial charge in [0.2, 0.25) is 5.95 Å². The average Bonchev–Trinajstić information content (AvgIpc) is 2.54. The molecule has 5 nitrogen and oxygen atoms in total. The Morgan fingerprint density at radius 2 is 2.00 bits per heavy atom. The summed E-state index contributed by atoms with van der Waals surface area (Å²) in [6.07, 6.45) is 2.60. The van der Waals surface area contributed by atoms with E-state index in [-0.39, 0.29) is 11.3 Å². The lowest BCUT2D eigenvalue weighted by molar-refractivity contribution is 0.516. The molecule has 1 aliphatic rings. The number of aromatic nitrogens is 2. The number of fused-ring (bicyclic) bond motifs is 1. The monoisotopic (exact) mass is 321 g/mol. The van der Waals surface area contributed by atoms with E-state index in [0.29, 0.717) is 18.1 Å². The van der Waals surface area contributed by atoms with Crippen molar-refractivity contribution in [3.05, 3.63) is 47.8 Å². The van der Waals surface area contributed by atoms with Crippen LogP contribution in [0, 0.1) is 5.41 Å². The molecule has 2 aromatic rings. The summed E-state index contributed by atoms with van der Waals surface area (Å²) in [6, 6.07) is 9.86. The van der Waals surface area contributed by atoms with Gasteiger partial charge in [0, 0.05) is 30.4 Å². The van der Waals surface area contributed by atoms with Gasteiger partial charge in [-0.15, -0.1) is 0 Å². The first-order valence-corrected chi connectivity index (χ1v) is 8.12. The van der Waals surface area contributed by atoms with E-state index in [1.54, 1.807) is 7.05 Å². The van der Waals surface area contributed by atoms with Crippen molar-refractivity contribution in [1.82, 2.24) is 9.97 Å². The molecule has 3 rings (SSSR count). The van der Waals surface area contributed by atoms with Crippen LogP contribution in [0.3, 0.4) is 0 Å². The molecular weight excluding hydrogens is 298 g/mol. The highest BCUT2D eigenvalue weighted by Gasteiger charge is 2.39. The second-order valence-corrected chi connectivity index (χ2v) is 6.87. The Morgan fingerprint density at radius 3 is 2.67 bits per heavy atom. The number of para-hydroxylation sites is 1. The number of nitrogens with one attached hydrogen (secondary N) is 2. The third-order valence-corrected chi connectivity index (χ3v) is 4.60. The predicted octanol–water partition coefficient (Wildman–Crippen LogP) is 4.10. The van der Waals surface area contributed by atoms with Crippen molar-refractivity contribution >= 4 is 23.1 Å². The minimum atomic E-state index is -0.155. The van der Waals surface area contributed by atoms with Crippen molar-refractivity contribution in [3.63, 3.8) is 0 Å². The minimum absolute atomic E-state index is 0.137. The van der Waals surface area contributed by atoms with E-state index in [1.165, 1.54) is 0 Å². The van der Waals surface area contributed by atoms with Crippen molar-refractivity contribution in [2.75, 3.05) is 12.4 Å². The molecule has 0 saturated carbocycles. The summed E-state index contributed by atoms with van der Waals surface area (Å²) in [6.45, 7) is 6.25. The fraction of sp³-hybridized carbons (Fsp3) is 0.368. The van der Waals surface area contributed by atoms with Gasteiger partial charge in [-0.1, -0.05) is 32.0 Å². The molecule has 0 fully saturated rings. The Morgan fingerprint density at radius 1 is 1.29 bits per heavy atom. The van der Waals surface area contributed by atoms with Crippen LogP contribution in [-0.2, 0) is 5.41 Å². The summed E-state index contributed by atoms with van der Waals surface area (Å²) in [5, 5.41) is 11.7. The normalized spacial score (nSPS) is 19.8. The van der Waals surface area contributed by atoms with Gasteiger partial charge in [0.1, 0.15) is 0 Å². The zero-order chi connectivity index (χ0) is 17.3. The van der Waals surface area contributed by atoms with E-state index in [4.69, 9.17) is 10.4 Å². The van der Waals surface area contributed by atoms with Gasteiger partial charge in [0.05, 0.1) is 11.6 Å². The van der Waals surface area contributed by atoms with Crippen LogP contribution in [0.25, 0.3) is 0 Å². The summed E-state index contributed by atoms with van der Waals surface area (Å²) >= 11 is 0. The summed E-state index contributed by atoms with van der Waals surface area (Å²) in [5.74, 6) is 0.400. The molecule has 1 aromatic heterocycles. The first-order chi connectivity index (χ1) is 11.4. The number of rotatable bonds is 3. The molecule has 1 unspecified atom stereocenters. The number of aliphatic imine (C=N–C) groups is 1. The number of benzene rings is 1. The summed E-state index contributed by atoms with van der Waals surface area (Å²) < 4.78 is 0. The van der Waals surface area contributed by atoms with Gasteiger partial charge < -0.3 is 10.7 Å². The van der Waals surface area contributed by atoms with Gasteiger partial charge in [-0.3, -0.25) is 4.99 Å². The Bertz CT molecular complexity index is 793. The van der Waals surface area contributed by atoms with Crippen molar-refractivity contribution in [2.24, 2.45) is 4.99 Å². The van der Waals surface area contributed by atoms with Crippen LogP contribution >= 0.6 is 0 Å². The maximum atomic E-state index is 8.50. The molecule has 0 aliphatic heterocycles. The molecule has 5 heteroatoms. The van der Waals surface area contributed by atoms with E-state index < -0.39 is 0 Å². The van der Waals surface area contributed by atoms with E-state index in [2.05, 4.69) is 29.1 Å². The summed E-state index contributed by atoms with van der Waals surface area (Å²) in [7, 11) is 1.77. The molecule has 124 valence electrons. The van der Waals surface area contributed by atoms with Gasteiger partial charge in [0.15, 0.2) is 0 Å². The van der Waals surface area contributed by atoms with E-state index >= 15 is 0 Å². The molecule has 1 heterocycles. The molecular formula is C19H23N5. The average molecular weight is 321 g/mol. The van der Waals surface area contributed by atoms with Crippen LogP contribution in [0.5, 0.6) is 0 Å². The molecule has 1 atom stereocenters. The molecule has 2 N–H and O–H groups in total. The van der Waals surface area contributed by atoms with E-state index in [1.807, 2.05) is 43.5 Å². The van der Waals surface area contributed by atoms with Crippen LogP contribution < -0.4 is 5.32 Å². The number of hydrogen-bond acceptors (Lipinski definition) is 5. The quantitative estimate of drug-likeness (QED) is 0.836. The molecule has 0 radical (unpaired) electrons. The first kappa shape index (κ1) is 16.3. The lowest BCUT2D eigenvalue weighted by Crippen LogP contribution is -2.36. The first-order valence-electron chi connectivity index (χ1n) is 8.12. The van der Waals surface area contributed by atoms with Gasteiger partial charge in [-0.25, -0.2) is 9.97 Å². The van der Waals surface area contributed by atoms with Gasteiger partial charge >= 0.3 is 0 Å². The fourth-order valence-electron chi connectivity index (χ4n) is 3.26. The zero-order valence-electron chi connectivity index (χ0n) is 14.6. The number of hydrogen-bond donors (Lipinski definition) is 2. The molecule has 24 heavy (non-hydrogen) atoms. The highest BCUT2D eigenvalue weighted by molar-refractivity contribution is 6.11. The van der Waals surface area contributed by atoms with Gasteiger partial charge in [-0.2, -0.15) is 0 Å². The SMILES string of the molecule is CN=C(C)C1C(=N)CC(C)(C)c2cnc(Nc3ccccc3)nc21. The van der Waals surface area contributed by atoms with Gasteiger partial charge in [-0.05, 0) is 36.5 Å². The molecule has 0 spiro atoms. The molecule has 0 saturated heterocycles. The zero-order valence-corrected chi connectivity index (χ0v) is 14.6. The standard InChI is InChI=1S/C19H23N5/c1-12(21-4)16-15(20)10-19(2,3)14-11-22-18(24-17(14)16)23-13-8-6-5-7-9-13/h5-9,11,16,20H,10H2,1-4H3,(H,22,23,24). The third-order valence-electron chi connectivity index (χ3n) is 4.60. The van der Waals surface area contributed by atoms with E-state index in [0.717, 1.165) is 22.7 Å². The summed E-state index contributed by atoms with van der Waals surface area (Å²) in [5.41, 5.74) is 4.39. The molecule has 1 aliphatic carbocycles. The maximum absolute atomic E-state index is 8.50. The Hall–Kier alpha value is -2.56. The number of anilines is 2. The molecule has 0 amide bonds. The fourth-order valence-corrected chi connectivity index (χ4v) is 3.26. The second kappa shape index (κ2) is 6.15. The van der Waals surface area contributed by atoms with Crippen molar-refractivity contribution < 1.29 is 0 Å². The van der Waals surface area contributed by atoms with Crippen LogP contribution in [0.1, 0.15) is 44.4 Å². The minimum Gasteiger partial charge on any atom is -0.324 e. The highest BCUT2D eigenvalue weighted by Crippen LogP contribution is 2.40. The largest absolute Gasteiger partial charge is 0.324 e. The Balaban J connectivity index is 2.07. The summed E-state index contributed by atoms with van der Waals surface area (Å²) in [4.78, 5) is 13.6. The topological polar surface area (TPSA) is 74.0 Å². The molecule has 0 bridgehead atoms. The number of nitrogens with zero attached hydrogens (tertiary/aromatic N) is 3. The third kappa shape index (κ3) is 2.94. The van der Waals surface area contributed by atoms with Crippen molar-refractivity contribution in [1.29, 1.82) is 5.41 Å². The van der Waals surface area contributed by atoms with Crippen molar-refractivity contribution in [3.8, 4) is 0 Å². The Kier molecular flexibility index (Phi) is 4.18. The lowest BCUT2D eigenvalue weighted by atomic mass is 9.69.